The van der Waals surface area contributed by atoms with Crippen molar-refractivity contribution >= 4 is 0 Å². The molecule has 0 radical (unpaired) electrons. The molecule has 0 aliphatic carbocycles. The van der Waals surface area contributed by atoms with Gasteiger partial charge in [-0.25, -0.2) is 4.68 Å². The zero-order valence-electron chi connectivity index (χ0n) is 15.3. The SMILES string of the molecule is C=C(COc1ccc(-n2nc(C)cc2C)cc1OC)OC(C)(C)C. The second kappa shape index (κ2) is 6.99. The molecule has 1 aromatic heterocycles. The van der Waals surface area contributed by atoms with E-state index in [0.29, 0.717) is 17.3 Å². The van der Waals surface area contributed by atoms with Gasteiger partial charge < -0.3 is 14.2 Å². The van der Waals surface area contributed by atoms with E-state index in [2.05, 4.69) is 11.7 Å². The lowest BCUT2D eigenvalue weighted by Gasteiger charge is -2.23. The lowest BCUT2D eigenvalue weighted by molar-refractivity contribution is 0.0371. The van der Waals surface area contributed by atoms with Crippen LogP contribution in [0, 0.1) is 13.8 Å². The van der Waals surface area contributed by atoms with Crippen LogP contribution in [-0.2, 0) is 4.74 Å². The molecule has 0 spiro atoms. The van der Waals surface area contributed by atoms with Crippen LogP contribution in [0.5, 0.6) is 11.5 Å². The van der Waals surface area contributed by atoms with Gasteiger partial charge in [-0.1, -0.05) is 6.58 Å². The number of aryl methyl sites for hydroxylation is 2. The average molecular weight is 330 g/mol. The summed E-state index contributed by atoms with van der Waals surface area (Å²) in [6.07, 6.45) is 0. The second-order valence-corrected chi connectivity index (χ2v) is 6.72. The predicted molar refractivity (Wildman–Crippen MR) is 95.1 cm³/mol. The zero-order valence-corrected chi connectivity index (χ0v) is 15.3. The van der Waals surface area contributed by atoms with E-state index in [9.17, 15) is 0 Å². The lowest BCUT2D eigenvalue weighted by Crippen LogP contribution is -2.20. The van der Waals surface area contributed by atoms with E-state index in [1.54, 1.807) is 7.11 Å². The Balaban J connectivity index is 2.15. The summed E-state index contributed by atoms with van der Waals surface area (Å²) in [6.45, 7) is 14.1. The van der Waals surface area contributed by atoms with Gasteiger partial charge in [-0.05, 0) is 52.8 Å². The predicted octanol–water partition coefficient (Wildman–Crippen LogP) is 4.21. The molecule has 0 amide bonds. The summed E-state index contributed by atoms with van der Waals surface area (Å²) < 4.78 is 18.8. The van der Waals surface area contributed by atoms with Crippen LogP contribution in [-0.4, -0.2) is 29.1 Å². The van der Waals surface area contributed by atoms with Crippen LogP contribution in [0.25, 0.3) is 5.69 Å². The molecule has 130 valence electrons. The Hall–Kier alpha value is -2.43. The Labute approximate surface area is 143 Å². The van der Waals surface area contributed by atoms with Crippen molar-refractivity contribution < 1.29 is 14.2 Å². The van der Waals surface area contributed by atoms with Crippen molar-refractivity contribution in [1.29, 1.82) is 0 Å². The molecule has 1 aromatic carbocycles. The van der Waals surface area contributed by atoms with Gasteiger partial charge in [0.2, 0.25) is 0 Å². The van der Waals surface area contributed by atoms with Gasteiger partial charge in [0, 0.05) is 11.8 Å². The van der Waals surface area contributed by atoms with Gasteiger partial charge in [0.15, 0.2) is 11.5 Å². The van der Waals surface area contributed by atoms with Crippen molar-refractivity contribution in [2.45, 2.75) is 40.2 Å². The van der Waals surface area contributed by atoms with Crippen molar-refractivity contribution in [3.8, 4) is 17.2 Å². The number of hydrogen-bond donors (Lipinski definition) is 0. The fourth-order valence-electron chi connectivity index (χ4n) is 2.42. The van der Waals surface area contributed by atoms with E-state index in [1.165, 1.54) is 0 Å². The standard InChI is InChI=1S/C19H26N2O3/c1-13-10-14(2)21(20-13)16-8-9-17(18(11-16)22-7)23-12-15(3)24-19(4,5)6/h8-11H,3,12H2,1-2,4-7H3. The van der Waals surface area contributed by atoms with Gasteiger partial charge in [-0.3, -0.25) is 0 Å². The molecule has 0 fully saturated rings. The minimum atomic E-state index is -0.288. The highest BCUT2D eigenvalue weighted by molar-refractivity contribution is 5.49. The van der Waals surface area contributed by atoms with Gasteiger partial charge >= 0.3 is 0 Å². The Kier molecular flexibility index (Phi) is 5.22. The summed E-state index contributed by atoms with van der Waals surface area (Å²) in [7, 11) is 1.62. The van der Waals surface area contributed by atoms with Crippen LogP contribution in [0.2, 0.25) is 0 Å². The first kappa shape index (κ1) is 17.9. The van der Waals surface area contributed by atoms with E-state index in [0.717, 1.165) is 17.1 Å². The number of methoxy groups -OCH3 is 1. The second-order valence-electron chi connectivity index (χ2n) is 6.72. The summed E-state index contributed by atoms with van der Waals surface area (Å²) in [5.41, 5.74) is 2.68. The number of nitrogens with zero attached hydrogens (tertiary/aromatic N) is 2. The molecule has 5 nitrogen and oxygen atoms in total. The summed E-state index contributed by atoms with van der Waals surface area (Å²) in [5, 5.41) is 4.49. The number of ether oxygens (including phenoxy) is 3. The van der Waals surface area contributed by atoms with Gasteiger partial charge in [0.05, 0.1) is 18.5 Å². The third-order valence-corrected chi connectivity index (χ3v) is 3.24. The van der Waals surface area contributed by atoms with E-state index in [4.69, 9.17) is 14.2 Å². The van der Waals surface area contributed by atoms with E-state index < -0.39 is 0 Å². The summed E-state index contributed by atoms with van der Waals surface area (Å²) in [5.74, 6) is 1.86. The summed E-state index contributed by atoms with van der Waals surface area (Å²) in [6, 6.07) is 7.76. The van der Waals surface area contributed by atoms with Crippen LogP contribution in [0.3, 0.4) is 0 Å². The van der Waals surface area contributed by atoms with Crippen LogP contribution in [0.15, 0.2) is 36.6 Å². The topological polar surface area (TPSA) is 45.5 Å². The molecule has 24 heavy (non-hydrogen) atoms. The molecule has 0 N–H and O–H groups in total. The maximum Gasteiger partial charge on any atom is 0.162 e. The van der Waals surface area contributed by atoms with Gasteiger partial charge in [0.1, 0.15) is 18.0 Å². The first-order valence-corrected chi connectivity index (χ1v) is 7.91. The van der Waals surface area contributed by atoms with Crippen molar-refractivity contribution in [2.75, 3.05) is 13.7 Å². The zero-order chi connectivity index (χ0) is 17.9. The normalized spacial score (nSPS) is 11.2. The molecule has 2 rings (SSSR count). The van der Waals surface area contributed by atoms with Crippen LogP contribution in [0.4, 0.5) is 0 Å². The minimum Gasteiger partial charge on any atom is -0.493 e. The van der Waals surface area contributed by atoms with Crippen LogP contribution in [0.1, 0.15) is 32.2 Å². The van der Waals surface area contributed by atoms with Gasteiger partial charge in [-0.15, -0.1) is 0 Å². The van der Waals surface area contributed by atoms with E-state index in [1.807, 2.05) is 63.6 Å². The molecule has 0 aliphatic rings. The van der Waals surface area contributed by atoms with Gasteiger partial charge in [-0.2, -0.15) is 5.10 Å². The largest absolute Gasteiger partial charge is 0.493 e. The monoisotopic (exact) mass is 330 g/mol. The average Bonchev–Trinajstić information content (AvgIpc) is 2.82. The Bertz CT molecular complexity index is 727. The first-order chi connectivity index (χ1) is 11.2. The third-order valence-electron chi connectivity index (χ3n) is 3.24. The van der Waals surface area contributed by atoms with E-state index in [-0.39, 0.29) is 12.2 Å². The van der Waals surface area contributed by atoms with Crippen molar-refractivity contribution in [2.24, 2.45) is 0 Å². The van der Waals surface area contributed by atoms with Gasteiger partial charge in [0.25, 0.3) is 0 Å². The molecule has 0 saturated carbocycles. The maximum absolute atomic E-state index is 5.78. The van der Waals surface area contributed by atoms with E-state index >= 15 is 0 Å². The van der Waals surface area contributed by atoms with Crippen molar-refractivity contribution in [3.63, 3.8) is 0 Å². The molecule has 1 heterocycles. The number of rotatable bonds is 6. The van der Waals surface area contributed by atoms with Crippen molar-refractivity contribution in [3.05, 3.63) is 48.0 Å². The number of benzene rings is 1. The molecule has 0 unspecified atom stereocenters. The van der Waals surface area contributed by atoms with Crippen LogP contribution >= 0.6 is 0 Å². The Morgan fingerprint density at radius 2 is 1.88 bits per heavy atom. The molecule has 0 saturated heterocycles. The molecular weight excluding hydrogens is 304 g/mol. The minimum absolute atomic E-state index is 0.271. The maximum atomic E-state index is 5.78. The fraction of sp³-hybridized carbons (Fsp3) is 0.421. The molecule has 0 bridgehead atoms. The lowest BCUT2D eigenvalue weighted by atomic mass is 10.2. The summed E-state index contributed by atoms with van der Waals surface area (Å²) >= 11 is 0. The number of hydrogen-bond acceptors (Lipinski definition) is 4. The van der Waals surface area contributed by atoms with Crippen molar-refractivity contribution in [1.82, 2.24) is 9.78 Å². The molecular formula is C19H26N2O3. The van der Waals surface area contributed by atoms with Crippen LogP contribution < -0.4 is 9.47 Å². The highest BCUT2D eigenvalue weighted by Crippen LogP contribution is 2.30. The Morgan fingerprint density at radius 3 is 2.42 bits per heavy atom. The number of aromatic nitrogens is 2. The smallest absolute Gasteiger partial charge is 0.162 e. The molecule has 5 heteroatoms. The first-order valence-electron chi connectivity index (χ1n) is 7.91. The fourth-order valence-corrected chi connectivity index (χ4v) is 2.42. The quantitative estimate of drug-likeness (QED) is 0.745. The molecule has 2 aromatic rings. The third kappa shape index (κ3) is 4.54. The highest BCUT2D eigenvalue weighted by atomic mass is 16.5. The Morgan fingerprint density at radius 1 is 1.17 bits per heavy atom. The molecule has 0 aliphatic heterocycles. The summed E-state index contributed by atoms with van der Waals surface area (Å²) in [4.78, 5) is 0. The molecule has 0 atom stereocenters. The highest BCUT2D eigenvalue weighted by Gasteiger charge is 2.14.